The average molecular weight is 375 g/mol. The van der Waals surface area contributed by atoms with E-state index in [-0.39, 0.29) is 18.8 Å². The third-order valence-electron chi connectivity index (χ3n) is 3.86. The highest BCUT2D eigenvalue weighted by molar-refractivity contribution is 6.30. The molecule has 0 saturated heterocycles. The van der Waals surface area contributed by atoms with Gasteiger partial charge in [0.15, 0.2) is 5.78 Å². The van der Waals surface area contributed by atoms with E-state index in [1.54, 1.807) is 43.3 Å². The van der Waals surface area contributed by atoms with Crippen LogP contribution < -0.4 is 0 Å². The predicted octanol–water partition coefficient (Wildman–Crippen LogP) is 4.23. The topological polar surface area (TPSA) is 80.7 Å². The van der Waals surface area contributed by atoms with Crippen LogP contribution in [0.2, 0.25) is 5.02 Å². The van der Waals surface area contributed by atoms with Crippen LogP contribution in [0.3, 0.4) is 0 Å². The molecule has 26 heavy (non-hydrogen) atoms. The number of ether oxygens (including phenoxy) is 1. The molecule has 0 radical (unpaired) electrons. The Labute approximate surface area is 156 Å². The predicted molar refractivity (Wildman–Crippen MR) is 98.2 cm³/mol. The molecule has 0 aromatic heterocycles. The number of aliphatic carboxylic acids is 1. The third-order valence-corrected chi connectivity index (χ3v) is 4.11. The summed E-state index contributed by atoms with van der Waals surface area (Å²) >= 11 is 5.87. The van der Waals surface area contributed by atoms with E-state index in [0.717, 1.165) is 11.1 Å². The number of rotatable bonds is 8. The number of halogens is 1. The molecule has 0 amide bonds. The van der Waals surface area contributed by atoms with Gasteiger partial charge in [0.05, 0.1) is 18.9 Å². The van der Waals surface area contributed by atoms with Crippen molar-refractivity contribution in [1.29, 1.82) is 0 Å². The summed E-state index contributed by atoms with van der Waals surface area (Å²) in [4.78, 5) is 35.2. The molecule has 2 aromatic rings. The monoisotopic (exact) mass is 374 g/mol. The number of Topliss-reactive ketones (excluding diaryl/α,β-unsaturated/α-hetero) is 1. The van der Waals surface area contributed by atoms with Gasteiger partial charge in [0, 0.05) is 17.0 Å². The zero-order chi connectivity index (χ0) is 19.1. The van der Waals surface area contributed by atoms with Gasteiger partial charge >= 0.3 is 11.9 Å². The highest BCUT2D eigenvalue weighted by Crippen LogP contribution is 2.23. The Kier molecular flexibility index (Phi) is 6.92. The highest BCUT2D eigenvalue weighted by Gasteiger charge is 2.26. The lowest BCUT2D eigenvalue weighted by Gasteiger charge is -2.13. The van der Waals surface area contributed by atoms with Gasteiger partial charge < -0.3 is 9.84 Å². The minimum absolute atomic E-state index is 0.138. The Morgan fingerprint density at radius 1 is 0.962 bits per heavy atom. The van der Waals surface area contributed by atoms with Crippen LogP contribution in [0.5, 0.6) is 0 Å². The van der Waals surface area contributed by atoms with E-state index < -0.39 is 24.3 Å². The first-order chi connectivity index (χ1) is 12.4. The SMILES string of the molecule is CCOC(=O)C(CC(=O)O)CC(=O)c1ccc(-c2ccc(Cl)cc2)cc1. The number of hydrogen-bond donors (Lipinski definition) is 1. The van der Waals surface area contributed by atoms with Crippen molar-refractivity contribution in [2.75, 3.05) is 6.61 Å². The molecule has 1 N–H and O–H groups in total. The maximum atomic E-state index is 12.4. The Morgan fingerprint density at radius 3 is 2.00 bits per heavy atom. The van der Waals surface area contributed by atoms with E-state index in [1.165, 1.54) is 0 Å². The number of benzene rings is 2. The van der Waals surface area contributed by atoms with Crippen molar-refractivity contribution < 1.29 is 24.2 Å². The van der Waals surface area contributed by atoms with Gasteiger partial charge in [-0.15, -0.1) is 0 Å². The largest absolute Gasteiger partial charge is 0.481 e. The average Bonchev–Trinajstić information content (AvgIpc) is 2.61. The normalized spacial score (nSPS) is 11.6. The summed E-state index contributed by atoms with van der Waals surface area (Å²) in [6, 6.07) is 14.2. The number of esters is 1. The quantitative estimate of drug-likeness (QED) is 0.552. The van der Waals surface area contributed by atoms with Crippen LogP contribution in [0, 0.1) is 5.92 Å². The van der Waals surface area contributed by atoms with E-state index in [9.17, 15) is 14.4 Å². The zero-order valence-corrected chi connectivity index (χ0v) is 15.0. The summed E-state index contributed by atoms with van der Waals surface area (Å²) < 4.78 is 4.86. The van der Waals surface area contributed by atoms with Crippen LogP contribution in [0.15, 0.2) is 48.5 Å². The van der Waals surface area contributed by atoms with Crippen LogP contribution in [-0.2, 0) is 14.3 Å². The highest BCUT2D eigenvalue weighted by atomic mass is 35.5. The van der Waals surface area contributed by atoms with Gasteiger partial charge in [-0.3, -0.25) is 14.4 Å². The second-order valence-electron chi connectivity index (χ2n) is 5.76. The van der Waals surface area contributed by atoms with Crippen LogP contribution in [-0.4, -0.2) is 29.4 Å². The van der Waals surface area contributed by atoms with Crippen molar-refractivity contribution in [3.05, 3.63) is 59.1 Å². The van der Waals surface area contributed by atoms with Crippen LogP contribution >= 0.6 is 11.6 Å². The molecule has 1 atom stereocenters. The second kappa shape index (κ2) is 9.15. The minimum atomic E-state index is -1.14. The van der Waals surface area contributed by atoms with Gasteiger partial charge in [-0.05, 0) is 30.2 Å². The number of carboxylic acids is 1. The zero-order valence-electron chi connectivity index (χ0n) is 14.3. The maximum absolute atomic E-state index is 12.4. The smallest absolute Gasteiger partial charge is 0.309 e. The molecule has 0 heterocycles. The van der Waals surface area contributed by atoms with E-state index >= 15 is 0 Å². The summed E-state index contributed by atoms with van der Waals surface area (Å²) in [5.41, 5.74) is 2.30. The molecule has 1 unspecified atom stereocenters. The van der Waals surface area contributed by atoms with E-state index in [4.69, 9.17) is 21.4 Å². The lowest BCUT2D eigenvalue weighted by atomic mass is 9.94. The molecule has 0 fully saturated rings. The fourth-order valence-electron chi connectivity index (χ4n) is 2.54. The Morgan fingerprint density at radius 2 is 1.50 bits per heavy atom. The first-order valence-electron chi connectivity index (χ1n) is 8.18. The first-order valence-corrected chi connectivity index (χ1v) is 8.56. The third kappa shape index (κ3) is 5.43. The molecule has 0 bridgehead atoms. The van der Waals surface area contributed by atoms with Crippen molar-refractivity contribution >= 4 is 29.3 Å². The standard InChI is InChI=1S/C20H19ClO5/c1-2-26-20(25)16(12-19(23)24)11-18(22)15-5-3-13(4-6-15)14-7-9-17(21)10-8-14/h3-10,16H,2,11-12H2,1H3,(H,23,24). The molecule has 0 aliphatic carbocycles. The van der Waals surface area contributed by atoms with Gasteiger partial charge in [0.25, 0.3) is 0 Å². The lowest BCUT2D eigenvalue weighted by molar-refractivity contribution is -0.152. The van der Waals surface area contributed by atoms with Crippen LogP contribution in [0.25, 0.3) is 11.1 Å². The van der Waals surface area contributed by atoms with Gasteiger partial charge in [0.1, 0.15) is 0 Å². The van der Waals surface area contributed by atoms with Crippen molar-refractivity contribution in [2.24, 2.45) is 5.92 Å². The number of carbonyl (C=O) groups is 3. The maximum Gasteiger partial charge on any atom is 0.309 e. The van der Waals surface area contributed by atoms with Gasteiger partial charge in [-0.2, -0.15) is 0 Å². The second-order valence-corrected chi connectivity index (χ2v) is 6.19. The summed E-state index contributed by atoms with van der Waals surface area (Å²) in [6.45, 7) is 1.77. The molecular weight excluding hydrogens is 356 g/mol. The van der Waals surface area contributed by atoms with Crippen molar-refractivity contribution in [1.82, 2.24) is 0 Å². The molecular formula is C20H19ClO5. The fraction of sp³-hybridized carbons (Fsp3) is 0.250. The molecule has 0 aliphatic rings. The summed E-state index contributed by atoms with van der Waals surface area (Å²) in [7, 11) is 0. The van der Waals surface area contributed by atoms with Gasteiger partial charge in [0.2, 0.25) is 0 Å². The van der Waals surface area contributed by atoms with Crippen molar-refractivity contribution in [2.45, 2.75) is 19.8 Å². The van der Waals surface area contributed by atoms with Crippen LogP contribution in [0.4, 0.5) is 0 Å². The number of carboxylic acid groups (broad SMARTS) is 1. The van der Waals surface area contributed by atoms with E-state index in [0.29, 0.717) is 10.6 Å². The summed E-state index contributed by atoms with van der Waals surface area (Å²) in [5.74, 6) is -3.10. The molecule has 2 aromatic carbocycles. The molecule has 0 saturated carbocycles. The summed E-state index contributed by atoms with van der Waals surface area (Å²) in [6.07, 6.45) is -0.640. The number of carbonyl (C=O) groups excluding carboxylic acids is 2. The minimum Gasteiger partial charge on any atom is -0.481 e. The van der Waals surface area contributed by atoms with Gasteiger partial charge in [-0.1, -0.05) is 48.0 Å². The van der Waals surface area contributed by atoms with Crippen molar-refractivity contribution in [3.8, 4) is 11.1 Å². The Bertz CT molecular complexity index is 781. The fourth-order valence-corrected chi connectivity index (χ4v) is 2.67. The number of ketones is 1. The molecule has 2 rings (SSSR count). The molecule has 136 valence electrons. The van der Waals surface area contributed by atoms with E-state index in [2.05, 4.69) is 0 Å². The molecule has 0 spiro atoms. The lowest BCUT2D eigenvalue weighted by Crippen LogP contribution is -2.24. The van der Waals surface area contributed by atoms with Crippen molar-refractivity contribution in [3.63, 3.8) is 0 Å². The number of hydrogen-bond acceptors (Lipinski definition) is 4. The van der Waals surface area contributed by atoms with E-state index in [1.807, 2.05) is 12.1 Å². The molecule has 0 aliphatic heterocycles. The molecule has 6 heteroatoms. The Balaban J connectivity index is 2.11. The van der Waals surface area contributed by atoms with Crippen LogP contribution in [0.1, 0.15) is 30.1 Å². The van der Waals surface area contributed by atoms with Gasteiger partial charge in [-0.25, -0.2) is 0 Å². The summed E-state index contributed by atoms with van der Waals surface area (Å²) in [5, 5.41) is 9.58. The Hall–Kier alpha value is -2.66. The molecule has 5 nitrogen and oxygen atoms in total. The first kappa shape index (κ1) is 19.7.